The zero-order chi connectivity index (χ0) is 12.5. The van der Waals surface area contributed by atoms with Crippen LogP contribution in [0.1, 0.15) is 26.2 Å². The molecule has 0 saturated heterocycles. The average Bonchev–Trinajstić information content (AvgIpc) is 2.29. The maximum atomic E-state index is 11.2. The van der Waals surface area contributed by atoms with Crippen LogP contribution in [-0.2, 0) is 9.53 Å². The fourth-order valence-corrected chi connectivity index (χ4v) is 2.71. The van der Waals surface area contributed by atoms with Gasteiger partial charge in [-0.15, -0.1) is 0 Å². The van der Waals surface area contributed by atoms with E-state index >= 15 is 0 Å². The summed E-state index contributed by atoms with van der Waals surface area (Å²) < 4.78 is 5.67. The normalized spacial score (nSPS) is 36.2. The third-order valence-corrected chi connectivity index (χ3v) is 3.69. The fraction of sp³-hybridized carbons (Fsp3) is 0.615. The van der Waals surface area contributed by atoms with Gasteiger partial charge < -0.3 is 15.6 Å². The first-order valence-corrected chi connectivity index (χ1v) is 6.08. The molecule has 0 aliphatic heterocycles. The Kier molecular flexibility index (Phi) is 3.35. The molecule has 2 aliphatic rings. The molecule has 4 heteroatoms. The zero-order valence-electron chi connectivity index (χ0n) is 10.1. The Bertz CT molecular complexity index is 375. The molecule has 17 heavy (non-hydrogen) atoms. The highest BCUT2D eigenvalue weighted by molar-refractivity contribution is 5.79. The molecule has 1 saturated carbocycles. The van der Waals surface area contributed by atoms with Gasteiger partial charge in [0.1, 0.15) is 5.54 Å². The van der Waals surface area contributed by atoms with Gasteiger partial charge in [-0.3, -0.25) is 4.79 Å². The van der Waals surface area contributed by atoms with Crippen molar-refractivity contribution in [3.63, 3.8) is 0 Å². The lowest BCUT2D eigenvalue weighted by atomic mass is 9.70. The van der Waals surface area contributed by atoms with Gasteiger partial charge in [-0.25, -0.2) is 0 Å². The first kappa shape index (κ1) is 12.3. The van der Waals surface area contributed by atoms with E-state index in [0.717, 1.165) is 12.0 Å². The molecular weight excluding hydrogens is 218 g/mol. The van der Waals surface area contributed by atoms with Gasteiger partial charge in [0.05, 0.1) is 6.10 Å². The smallest absolute Gasteiger partial charge is 0.324 e. The second-order valence-corrected chi connectivity index (χ2v) is 4.83. The Morgan fingerprint density at radius 2 is 2.47 bits per heavy atom. The second kappa shape index (κ2) is 4.63. The van der Waals surface area contributed by atoms with Crippen molar-refractivity contribution in [2.45, 2.75) is 37.8 Å². The van der Waals surface area contributed by atoms with Crippen molar-refractivity contribution in [3.05, 3.63) is 23.8 Å². The van der Waals surface area contributed by atoms with Gasteiger partial charge in [-0.1, -0.05) is 23.8 Å². The highest BCUT2D eigenvalue weighted by Gasteiger charge is 2.43. The molecule has 0 amide bonds. The monoisotopic (exact) mass is 237 g/mol. The minimum atomic E-state index is -1.09. The van der Waals surface area contributed by atoms with Crippen molar-refractivity contribution in [3.8, 4) is 0 Å². The second-order valence-electron chi connectivity index (χ2n) is 4.83. The first-order chi connectivity index (χ1) is 8.07. The minimum Gasteiger partial charge on any atom is -0.480 e. The van der Waals surface area contributed by atoms with Gasteiger partial charge in [0.15, 0.2) is 0 Å². The summed E-state index contributed by atoms with van der Waals surface area (Å²) in [6, 6.07) is 0. The van der Waals surface area contributed by atoms with E-state index in [1.807, 2.05) is 25.2 Å². The zero-order valence-corrected chi connectivity index (χ0v) is 10.1. The quantitative estimate of drug-likeness (QED) is 0.779. The molecule has 3 atom stereocenters. The summed E-state index contributed by atoms with van der Waals surface area (Å²) in [5.41, 5.74) is 5.94. The van der Waals surface area contributed by atoms with E-state index < -0.39 is 11.5 Å². The predicted molar refractivity (Wildman–Crippen MR) is 64.5 cm³/mol. The van der Waals surface area contributed by atoms with Crippen LogP contribution in [-0.4, -0.2) is 29.3 Å². The Morgan fingerprint density at radius 3 is 3.12 bits per heavy atom. The van der Waals surface area contributed by atoms with Crippen molar-refractivity contribution in [2.24, 2.45) is 11.7 Å². The van der Waals surface area contributed by atoms with Gasteiger partial charge in [0, 0.05) is 12.5 Å². The van der Waals surface area contributed by atoms with Gasteiger partial charge in [-0.05, 0) is 26.2 Å². The van der Waals surface area contributed by atoms with Gasteiger partial charge in [-0.2, -0.15) is 0 Å². The average molecular weight is 237 g/mol. The van der Waals surface area contributed by atoms with Crippen LogP contribution in [0.3, 0.4) is 0 Å². The maximum Gasteiger partial charge on any atom is 0.324 e. The van der Waals surface area contributed by atoms with Gasteiger partial charge in [0.25, 0.3) is 0 Å². The molecule has 0 aromatic carbocycles. The minimum absolute atomic E-state index is 0.0818. The summed E-state index contributed by atoms with van der Waals surface area (Å²) in [4.78, 5) is 11.2. The lowest BCUT2D eigenvalue weighted by Crippen LogP contribution is -2.52. The highest BCUT2D eigenvalue weighted by atomic mass is 16.5. The summed E-state index contributed by atoms with van der Waals surface area (Å²) in [6.07, 6.45) is 7.79. The maximum absolute atomic E-state index is 11.2. The number of carbonyl (C=O) groups is 1. The number of hydrogen-bond donors (Lipinski definition) is 2. The van der Waals surface area contributed by atoms with Crippen molar-refractivity contribution < 1.29 is 14.6 Å². The molecule has 2 aliphatic carbocycles. The molecular formula is C13H19NO3. The van der Waals surface area contributed by atoms with E-state index in [0.29, 0.717) is 25.4 Å². The summed E-state index contributed by atoms with van der Waals surface area (Å²) >= 11 is 0. The number of carboxylic acid groups (broad SMARTS) is 1. The van der Waals surface area contributed by atoms with Crippen LogP contribution >= 0.6 is 0 Å². The van der Waals surface area contributed by atoms with Crippen molar-refractivity contribution >= 4 is 5.97 Å². The molecule has 3 unspecified atom stereocenters. The summed E-state index contributed by atoms with van der Waals surface area (Å²) in [6.45, 7) is 2.64. The van der Waals surface area contributed by atoms with E-state index in [-0.39, 0.29) is 6.10 Å². The van der Waals surface area contributed by atoms with Crippen LogP contribution in [0.5, 0.6) is 0 Å². The number of allylic oxidation sites excluding steroid dienone is 2. The van der Waals surface area contributed by atoms with E-state index in [9.17, 15) is 4.79 Å². The van der Waals surface area contributed by atoms with Crippen LogP contribution in [0.2, 0.25) is 0 Å². The number of hydrogen-bond acceptors (Lipinski definition) is 3. The van der Waals surface area contributed by atoms with Crippen LogP contribution in [0.4, 0.5) is 0 Å². The fourth-order valence-electron chi connectivity index (χ4n) is 2.71. The Hall–Kier alpha value is -1.13. The van der Waals surface area contributed by atoms with Gasteiger partial charge in [0.2, 0.25) is 0 Å². The number of nitrogens with two attached hydrogens (primary N) is 1. The highest BCUT2D eigenvalue weighted by Crippen LogP contribution is 2.39. The van der Waals surface area contributed by atoms with Crippen molar-refractivity contribution in [2.75, 3.05) is 6.61 Å². The predicted octanol–water partition coefficient (Wildman–Crippen LogP) is 1.47. The molecule has 0 radical (unpaired) electrons. The van der Waals surface area contributed by atoms with Crippen LogP contribution in [0.15, 0.2) is 23.8 Å². The third-order valence-electron chi connectivity index (χ3n) is 3.69. The van der Waals surface area contributed by atoms with Gasteiger partial charge >= 0.3 is 5.97 Å². The van der Waals surface area contributed by atoms with E-state index in [1.54, 1.807) is 0 Å². The van der Waals surface area contributed by atoms with Crippen LogP contribution < -0.4 is 5.73 Å². The molecule has 0 aromatic rings. The number of fused-ring (bicyclic) bond motifs is 1. The number of carboxylic acids is 1. The molecule has 0 spiro atoms. The molecule has 3 N–H and O–H groups in total. The number of ether oxygens (including phenoxy) is 1. The molecule has 94 valence electrons. The molecule has 4 nitrogen and oxygen atoms in total. The van der Waals surface area contributed by atoms with E-state index in [1.165, 1.54) is 0 Å². The number of rotatable bonds is 3. The lowest BCUT2D eigenvalue weighted by Gasteiger charge is -2.39. The Morgan fingerprint density at radius 1 is 1.71 bits per heavy atom. The van der Waals surface area contributed by atoms with Crippen molar-refractivity contribution in [1.82, 2.24) is 0 Å². The topological polar surface area (TPSA) is 72.5 Å². The molecule has 1 fully saturated rings. The Labute approximate surface area is 101 Å². The molecule has 0 heterocycles. The standard InChI is InChI=1S/C13H19NO3/c1-2-17-11-5-3-4-9-8-13(14,12(15)16)7-6-10(9)11/h3-5,10-11H,2,6-8,14H2,1H3,(H,15,16). The van der Waals surface area contributed by atoms with Crippen LogP contribution in [0, 0.1) is 5.92 Å². The van der Waals surface area contributed by atoms with Crippen LogP contribution in [0.25, 0.3) is 0 Å². The van der Waals surface area contributed by atoms with E-state index in [4.69, 9.17) is 15.6 Å². The summed E-state index contributed by atoms with van der Waals surface area (Å²) in [5.74, 6) is -0.602. The SMILES string of the molecule is CCOC1C=CC=C2CC(N)(C(=O)O)CCC21. The third kappa shape index (κ3) is 2.28. The largest absolute Gasteiger partial charge is 0.480 e. The molecule has 0 aromatic heterocycles. The Balaban J connectivity index is 2.15. The summed E-state index contributed by atoms with van der Waals surface area (Å²) in [7, 11) is 0. The molecule has 0 bridgehead atoms. The van der Waals surface area contributed by atoms with Crippen molar-refractivity contribution in [1.29, 1.82) is 0 Å². The van der Waals surface area contributed by atoms with E-state index in [2.05, 4.69) is 0 Å². The summed E-state index contributed by atoms with van der Waals surface area (Å²) in [5, 5.41) is 9.16. The molecule has 2 rings (SSSR count). The first-order valence-electron chi connectivity index (χ1n) is 6.08. The lowest BCUT2D eigenvalue weighted by molar-refractivity contribution is -0.144. The number of aliphatic carboxylic acids is 1.